The summed E-state index contributed by atoms with van der Waals surface area (Å²) < 4.78 is 35.3. The molecule has 0 aliphatic carbocycles. The van der Waals surface area contributed by atoms with Gasteiger partial charge >= 0.3 is 5.97 Å². The number of carbonyl (C=O) groups excluding carboxylic acids is 2. The van der Waals surface area contributed by atoms with E-state index in [0.717, 1.165) is 15.6 Å². The number of sulfonamides is 1. The first-order chi connectivity index (χ1) is 15.2. The first kappa shape index (κ1) is 23.4. The van der Waals surface area contributed by atoms with Gasteiger partial charge in [0.25, 0.3) is 5.91 Å². The minimum absolute atomic E-state index is 0.0493. The molecule has 32 heavy (non-hydrogen) atoms. The van der Waals surface area contributed by atoms with Crippen LogP contribution in [-0.2, 0) is 19.6 Å². The van der Waals surface area contributed by atoms with Gasteiger partial charge in [-0.1, -0.05) is 0 Å². The van der Waals surface area contributed by atoms with E-state index >= 15 is 0 Å². The van der Waals surface area contributed by atoms with Gasteiger partial charge in [-0.15, -0.1) is 11.3 Å². The van der Waals surface area contributed by atoms with Crippen LogP contribution < -0.4 is 10.1 Å². The number of nitrogens with one attached hydrogen (secondary N) is 1. The SMILES string of the molecule is COc1ccc(-c2csc(NC(=O)COC(=O)c3ccc(S(=O)(=O)N(C)C)cc3)n2)cc1. The Hall–Kier alpha value is -3.28. The third-order valence-corrected chi connectivity index (χ3v) is 6.93. The summed E-state index contributed by atoms with van der Waals surface area (Å²) in [5.41, 5.74) is 1.69. The van der Waals surface area contributed by atoms with Crippen molar-refractivity contribution in [3.05, 3.63) is 59.5 Å². The molecule has 0 bridgehead atoms. The van der Waals surface area contributed by atoms with Gasteiger partial charge < -0.3 is 9.47 Å². The molecule has 1 heterocycles. The number of ether oxygens (including phenoxy) is 2. The molecule has 2 aromatic carbocycles. The van der Waals surface area contributed by atoms with Crippen LogP contribution in [0.5, 0.6) is 5.75 Å². The van der Waals surface area contributed by atoms with Gasteiger partial charge in [0.1, 0.15) is 5.75 Å². The quantitative estimate of drug-likeness (QED) is 0.498. The lowest BCUT2D eigenvalue weighted by molar-refractivity contribution is -0.119. The molecule has 9 nitrogen and oxygen atoms in total. The Morgan fingerprint density at radius 3 is 2.31 bits per heavy atom. The van der Waals surface area contributed by atoms with Crippen LogP contribution >= 0.6 is 11.3 Å². The zero-order valence-electron chi connectivity index (χ0n) is 17.6. The van der Waals surface area contributed by atoms with Crippen molar-refractivity contribution in [1.29, 1.82) is 0 Å². The van der Waals surface area contributed by atoms with E-state index in [-0.39, 0.29) is 10.5 Å². The number of methoxy groups -OCH3 is 1. The predicted molar refractivity (Wildman–Crippen MR) is 120 cm³/mol. The molecule has 1 N–H and O–H groups in total. The number of aromatic nitrogens is 1. The predicted octanol–water partition coefficient (Wildman–Crippen LogP) is 2.86. The van der Waals surface area contributed by atoms with E-state index in [2.05, 4.69) is 10.3 Å². The van der Waals surface area contributed by atoms with Crippen LogP contribution in [0.1, 0.15) is 10.4 Å². The van der Waals surface area contributed by atoms with Gasteiger partial charge in [0.05, 0.1) is 23.3 Å². The number of benzene rings is 2. The highest BCUT2D eigenvalue weighted by Crippen LogP contribution is 2.26. The number of thiazole rings is 1. The van der Waals surface area contributed by atoms with Crippen molar-refractivity contribution >= 4 is 38.4 Å². The first-order valence-corrected chi connectivity index (χ1v) is 11.6. The lowest BCUT2D eigenvalue weighted by Gasteiger charge is -2.11. The second-order valence-corrected chi connectivity index (χ2v) is 9.71. The summed E-state index contributed by atoms with van der Waals surface area (Å²) in [6.07, 6.45) is 0. The number of carbonyl (C=O) groups is 2. The Morgan fingerprint density at radius 1 is 1.06 bits per heavy atom. The molecule has 3 aromatic rings. The lowest BCUT2D eigenvalue weighted by Crippen LogP contribution is -2.22. The second-order valence-electron chi connectivity index (χ2n) is 6.70. The number of nitrogens with zero attached hydrogens (tertiary/aromatic N) is 2. The zero-order valence-corrected chi connectivity index (χ0v) is 19.2. The van der Waals surface area contributed by atoms with E-state index in [9.17, 15) is 18.0 Å². The molecule has 0 atom stereocenters. The van der Waals surface area contributed by atoms with Crippen LogP contribution in [0.15, 0.2) is 58.8 Å². The van der Waals surface area contributed by atoms with E-state index in [0.29, 0.717) is 10.8 Å². The average Bonchev–Trinajstić information content (AvgIpc) is 3.25. The largest absolute Gasteiger partial charge is 0.497 e. The molecule has 1 aromatic heterocycles. The molecule has 0 aliphatic rings. The van der Waals surface area contributed by atoms with Crippen LogP contribution in [0.25, 0.3) is 11.3 Å². The highest BCUT2D eigenvalue weighted by atomic mass is 32.2. The van der Waals surface area contributed by atoms with Crippen LogP contribution in [0.4, 0.5) is 5.13 Å². The summed E-state index contributed by atoms with van der Waals surface area (Å²) in [7, 11) is 0.820. The molecular formula is C21H21N3O6S2. The maximum atomic E-state index is 12.2. The van der Waals surface area contributed by atoms with E-state index < -0.39 is 28.5 Å². The molecule has 3 rings (SSSR count). The number of anilines is 1. The summed E-state index contributed by atoms with van der Waals surface area (Å²) >= 11 is 1.24. The average molecular weight is 476 g/mol. The Labute approximate surface area is 189 Å². The minimum atomic E-state index is -3.60. The van der Waals surface area contributed by atoms with Crippen molar-refractivity contribution in [2.75, 3.05) is 33.1 Å². The smallest absolute Gasteiger partial charge is 0.338 e. The van der Waals surface area contributed by atoms with Crippen LogP contribution in [0, 0.1) is 0 Å². The molecule has 168 valence electrons. The summed E-state index contributed by atoms with van der Waals surface area (Å²) in [5.74, 6) is -0.555. The molecule has 0 spiro atoms. The van der Waals surface area contributed by atoms with Crippen molar-refractivity contribution in [2.24, 2.45) is 0 Å². The molecule has 0 saturated heterocycles. The fraction of sp³-hybridized carbons (Fsp3) is 0.190. The number of hydrogen-bond acceptors (Lipinski definition) is 8. The summed E-state index contributed by atoms with van der Waals surface area (Å²) in [5, 5.41) is 4.75. The van der Waals surface area contributed by atoms with E-state index in [1.807, 2.05) is 24.3 Å². The Balaban J connectivity index is 1.54. The van der Waals surface area contributed by atoms with Crippen molar-refractivity contribution in [3.63, 3.8) is 0 Å². The normalized spacial score (nSPS) is 11.2. The van der Waals surface area contributed by atoms with E-state index in [1.165, 1.54) is 49.7 Å². The van der Waals surface area contributed by atoms with Crippen molar-refractivity contribution in [3.8, 4) is 17.0 Å². The third-order valence-electron chi connectivity index (χ3n) is 4.34. The lowest BCUT2D eigenvalue weighted by atomic mass is 10.2. The zero-order chi connectivity index (χ0) is 23.3. The molecular weight excluding hydrogens is 454 g/mol. The topological polar surface area (TPSA) is 115 Å². The van der Waals surface area contributed by atoms with Gasteiger partial charge in [-0.05, 0) is 48.5 Å². The van der Waals surface area contributed by atoms with E-state index in [4.69, 9.17) is 9.47 Å². The highest BCUT2D eigenvalue weighted by molar-refractivity contribution is 7.89. The maximum absolute atomic E-state index is 12.2. The van der Waals surface area contributed by atoms with Crippen LogP contribution in [0.2, 0.25) is 0 Å². The molecule has 11 heteroatoms. The Kier molecular flexibility index (Phi) is 7.23. The van der Waals surface area contributed by atoms with Crippen LogP contribution in [-0.4, -0.2) is 57.4 Å². The standard InChI is InChI=1S/C21H21N3O6S2/c1-24(2)32(27,28)17-10-6-15(7-11-17)20(26)30-12-19(25)23-21-22-18(13-31-21)14-4-8-16(29-3)9-5-14/h4-11,13H,12H2,1-3H3,(H,22,23,25). The van der Waals surface area contributed by atoms with Gasteiger partial charge in [0, 0.05) is 25.0 Å². The van der Waals surface area contributed by atoms with E-state index in [1.54, 1.807) is 12.5 Å². The van der Waals surface area contributed by atoms with Crippen molar-refractivity contribution in [2.45, 2.75) is 4.90 Å². The van der Waals surface area contributed by atoms with Gasteiger partial charge in [-0.2, -0.15) is 0 Å². The first-order valence-electron chi connectivity index (χ1n) is 9.30. The molecule has 0 aliphatic heterocycles. The maximum Gasteiger partial charge on any atom is 0.338 e. The summed E-state index contributed by atoms with van der Waals surface area (Å²) in [4.78, 5) is 28.7. The molecule has 0 fully saturated rings. The van der Waals surface area contributed by atoms with Gasteiger partial charge in [0.2, 0.25) is 10.0 Å². The third kappa shape index (κ3) is 5.49. The van der Waals surface area contributed by atoms with Crippen molar-refractivity contribution in [1.82, 2.24) is 9.29 Å². The summed E-state index contributed by atoms with van der Waals surface area (Å²) in [6.45, 7) is -0.506. The molecule has 0 unspecified atom stereocenters. The van der Waals surface area contributed by atoms with Crippen molar-refractivity contribution < 1.29 is 27.5 Å². The minimum Gasteiger partial charge on any atom is -0.497 e. The van der Waals surface area contributed by atoms with Gasteiger partial charge in [0.15, 0.2) is 11.7 Å². The summed E-state index contributed by atoms with van der Waals surface area (Å²) in [6, 6.07) is 12.6. The monoisotopic (exact) mass is 475 g/mol. The Bertz CT molecular complexity index is 1200. The van der Waals surface area contributed by atoms with Gasteiger partial charge in [-0.3, -0.25) is 10.1 Å². The molecule has 0 radical (unpaired) electrons. The Morgan fingerprint density at radius 2 is 1.72 bits per heavy atom. The fourth-order valence-corrected chi connectivity index (χ4v) is 4.21. The highest BCUT2D eigenvalue weighted by Gasteiger charge is 2.18. The molecule has 0 saturated carbocycles. The number of hydrogen-bond donors (Lipinski definition) is 1. The number of rotatable bonds is 8. The number of esters is 1. The van der Waals surface area contributed by atoms with Crippen LogP contribution in [0.3, 0.4) is 0 Å². The number of amides is 1. The second kappa shape index (κ2) is 9.90. The fourth-order valence-electron chi connectivity index (χ4n) is 2.57. The molecule has 1 amide bonds. The van der Waals surface area contributed by atoms with Gasteiger partial charge in [-0.25, -0.2) is 22.5 Å².